The SMILES string of the molecule is CN(C)[C@H]1C(=O)C(C(N)=O)=C(O)[C@]2(O)C(=O)C3=C(O)c4c(O)cccc4/C(=C\c4ccc(C(C)(C)C)cc4)[C@@H]3[C@@H](O)[C@H]12. The third kappa shape index (κ3) is 4.01. The molecule has 10 heteroatoms. The number of amides is 1. The number of phenols is 1. The summed E-state index contributed by atoms with van der Waals surface area (Å²) in [6.45, 7) is 6.23. The fourth-order valence-corrected chi connectivity index (χ4v) is 6.57. The van der Waals surface area contributed by atoms with Gasteiger partial charge in [-0.25, -0.2) is 0 Å². The number of fused-ring (bicyclic) bond motifs is 3. The number of carbonyl (C=O) groups is 3. The van der Waals surface area contributed by atoms with Crippen LogP contribution in [0.3, 0.4) is 0 Å². The lowest BCUT2D eigenvalue weighted by molar-refractivity contribution is -0.166. The first-order valence-electron chi connectivity index (χ1n) is 13.5. The number of ketones is 2. The Kier molecular flexibility index (Phi) is 6.72. The van der Waals surface area contributed by atoms with Crippen molar-refractivity contribution in [3.8, 4) is 5.75 Å². The number of Topliss-reactive ketones (excluding diaryl/α,β-unsaturated/α-hetero) is 2. The number of carbonyl (C=O) groups excluding carboxylic acids is 3. The maximum Gasteiger partial charge on any atom is 0.255 e. The molecule has 0 heterocycles. The first-order valence-corrected chi connectivity index (χ1v) is 13.5. The number of benzene rings is 2. The first kappa shape index (κ1) is 29.2. The standard InChI is InChI=1S/C32H34N2O8/c1-31(2,3)15-11-9-14(10-12-15)13-17-16-7-6-8-18(35)19(16)25(36)21-20(17)26(37)23-24(34(4)5)27(38)22(30(33)41)29(40)32(23,42)28(21)39/h6-13,20,23-24,26,35-37,40,42H,1-5H3,(H2,33,41)/b17-13+/t20-,23-,24+,26+,32+/m0/s1. The zero-order valence-electron chi connectivity index (χ0n) is 23.9. The van der Waals surface area contributed by atoms with Crippen molar-refractivity contribution in [3.63, 3.8) is 0 Å². The lowest BCUT2D eigenvalue weighted by Crippen LogP contribution is -2.70. The van der Waals surface area contributed by atoms with Crippen LogP contribution >= 0.6 is 0 Å². The third-order valence-corrected chi connectivity index (χ3v) is 8.63. The molecule has 1 fully saturated rings. The summed E-state index contributed by atoms with van der Waals surface area (Å²) in [4.78, 5) is 41.2. The van der Waals surface area contributed by atoms with E-state index in [1.54, 1.807) is 18.2 Å². The summed E-state index contributed by atoms with van der Waals surface area (Å²) >= 11 is 0. The van der Waals surface area contributed by atoms with Crippen molar-refractivity contribution >= 4 is 34.9 Å². The Hall–Kier alpha value is -4.25. The molecule has 220 valence electrons. The maximum absolute atomic E-state index is 14.2. The van der Waals surface area contributed by atoms with E-state index in [0.29, 0.717) is 16.7 Å². The van der Waals surface area contributed by atoms with Crippen LogP contribution in [0.5, 0.6) is 5.75 Å². The van der Waals surface area contributed by atoms with E-state index in [2.05, 4.69) is 20.8 Å². The van der Waals surface area contributed by atoms with Crippen molar-refractivity contribution in [1.29, 1.82) is 0 Å². The molecule has 0 radical (unpaired) electrons. The van der Waals surface area contributed by atoms with Gasteiger partial charge in [-0.1, -0.05) is 63.2 Å². The van der Waals surface area contributed by atoms with Gasteiger partial charge < -0.3 is 31.3 Å². The minimum absolute atomic E-state index is 0.0986. The van der Waals surface area contributed by atoms with Crippen LogP contribution in [-0.2, 0) is 19.8 Å². The van der Waals surface area contributed by atoms with E-state index in [-0.39, 0.29) is 16.7 Å². The smallest absolute Gasteiger partial charge is 0.255 e. The molecule has 42 heavy (non-hydrogen) atoms. The summed E-state index contributed by atoms with van der Waals surface area (Å²) in [5, 5.41) is 57.1. The Morgan fingerprint density at radius 2 is 1.64 bits per heavy atom. The quantitative estimate of drug-likeness (QED) is 0.300. The molecule has 2 aromatic carbocycles. The molecule has 0 bridgehead atoms. The zero-order chi connectivity index (χ0) is 31.0. The zero-order valence-corrected chi connectivity index (χ0v) is 23.9. The highest BCUT2D eigenvalue weighted by Gasteiger charge is 2.68. The van der Waals surface area contributed by atoms with Gasteiger partial charge in [0.1, 0.15) is 22.8 Å². The number of primary amides is 1. The molecule has 1 amide bonds. The van der Waals surface area contributed by atoms with Crippen LogP contribution in [0.2, 0.25) is 0 Å². The molecule has 0 aliphatic heterocycles. The summed E-state index contributed by atoms with van der Waals surface area (Å²) in [7, 11) is 2.93. The minimum atomic E-state index is -2.98. The first-order chi connectivity index (χ1) is 19.5. The van der Waals surface area contributed by atoms with Crippen molar-refractivity contribution < 1.29 is 39.9 Å². The fourth-order valence-electron chi connectivity index (χ4n) is 6.57. The molecule has 3 aliphatic rings. The van der Waals surface area contributed by atoms with Gasteiger partial charge in [-0.05, 0) is 47.8 Å². The van der Waals surface area contributed by atoms with E-state index in [1.165, 1.54) is 25.1 Å². The molecular weight excluding hydrogens is 540 g/mol. The van der Waals surface area contributed by atoms with Crippen LogP contribution in [0.4, 0.5) is 0 Å². The van der Waals surface area contributed by atoms with Crippen molar-refractivity contribution in [1.82, 2.24) is 4.90 Å². The lowest BCUT2D eigenvalue weighted by Gasteiger charge is -2.53. The predicted molar refractivity (Wildman–Crippen MR) is 155 cm³/mol. The molecule has 0 unspecified atom stereocenters. The number of hydrogen-bond acceptors (Lipinski definition) is 9. The van der Waals surface area contributed by atoms with Crippen LogP contribution in [-0.4, -0.2) is 79.7 Å². The lowest BCUT2D eigenvalue weighted by atomic mass is 9.55. The Morgan fingerprint density at radius 1 is 1.02 bits per heavy atom. The monoisotopic (exact) mass is 574 g/mol. The van der Waals surface area contributed by atoms with Gasteiger partial charge in [-0.15, -0.1) is 0 Å². The summed E-state index contributed by atoms with van der Waals surface area (Å²) in [5.41, 5.74) is 3.19. The highest BCUT2D eigenvalue weighted by atomic mass is 16.4. The number of rotatable bonds is 3. The minimum Gasteiger partial charge on any atom is -0.508 e. The van der Waals surface area contributed by atoms with Gasteiger partial charge in [0, 0.05) is 5.92 Å². The number of aliphatic hydroxyl groups excluding tert-OH is 3. The third-order valence-electron chi connectivity index (χ3n) is 8.63. The highest BCUT2D eigenvalue weighted by molar-refractivity contribution is 6.25. The van der Waals surface area contributed by atoms with Gasteiger partial charge in [0.25, 0.3) is 5.91 Å². The number of nitrogens with two attached hydrogens (primary N) is 1. The predicted octanol–water partition coefficient (Wildman–Crippen LogP) is 2.23. The van der Waals surface area contributed by atoms with E-state index in [0.717, 1.165) is 5.56 Å². The van der Waals surface area contributed by atoms with Gasteiger partial charge in [-0.3, -0.25) is 19.3 Å². The van der Waals surface area contributed by atoms with Gasteiger partial charge >= 0.3 is 0 Å². The molecule has 10 nitrogen and oxygen atoms in total. The highest BCUT2D eigenvalue weighted by Crippen LogP contribution is 2.56. The molecule has 0 spiro atoms. The van der Waals surface area contributed by atoms with Gasteiger partial charge in [-0.2, -0.15) is 0 Å². The van der Waals surface area contributed by atoms with Crippen LogP contribution in [0.15, 0.2) is 59.4 Å². The van der Waals surface area contributed by atoms with Crippen LogP contribution < -0.4 is 5.73 Å². The maximum atomic E-state index is 14.2. The van der Waals surface area contributed by atoms with Crippen LogP contribution in [0.25, 0.3) is 17.4 Å². The average Bonchev–Trinajstić information content (AvgIpc) is 2.89. The largest absolute Gasteiger partial charge is 0.508 e. The van der Waals surface area contributed by atoms with E-state index >= 15 is 0 Å². The number of likely N-dealkylation sites (N-methyl/N-ethyl adjacent to an activating group) is 1. The van der Waals surface area contributed by atoms with E-state index in [4.69, 9.17) is 5.73 Å². The number of aromatic hydroxyl groups is 1. The van der Waals surface area contributed by atoms with Crippen molar-refractivity contribution in [3.05, 3.63) is 81.6 Å². The van der Waals surface area contributed by atoms with E-state index < -0.39 is 69.7 Å². The summed E-state index contributed by atoms with van der Waals surface area (Å²) < 4.78 is 0. The van der Waals surface area contributed by atoms with Crippen molar-refractivity contribution in [2.24, 2.45) is 17.6 Å². The molecule has 0 aromatic heterocycles. The Morgan fingerprint density at radius 3 is 2.19 bits per heavy atom. The molecule has 7 N–H and O–H groups in total. The molecular formula is C32H34N2O8. The number of hydrogen-bond donors (Lipinski definition) is 6. The van der Waals surface area contributed by atoms with Gasteiger partial charge in [0.2, 0.25) is 5.78 Å². The average molecular weight is 575 g/mol. The van der Waals surface area contributed by atoms with E-state index in [9.17, 15) is 39.9 Å². The van der Waals surface area contributed by atoms with Gasteiger partial charge in [0.05, 0.1) is 29.2 Å². The summed E-state index contributed by atoms with van der Waals surface area (Å²) in [5.74, 6) is -8.80. The Bertz CT molecular complexity index is 1630. The molecule has 5 rings (SSSR count). The molecule has 0 saturated heterocycles. The topological polar surface area (TPSA) is 182 Å². The van der Waals surface area contributed by atoms with Crippen molar-refractivity contribution in [2.75, 3.05) is 14.1 Å². The fraction of sp³-hybridized carbons (Fsp3) is 0.344. The Labute approximate surface area is 242 Å². The second kappa shape index (κ2) is 9.65. The molecule has 3 aliphatic carbocycles. The molecule has 1 saturated carbocycles. The second-order valence-electron chi connectivity index (χ2n) is 12.4. The summed E-state index contributed by atoms with van der Waals surface area (Å²) in [6.07, 6.45) is -0.0175. The number of phenolic OH excluding ortho intramolecular Hbond substituents is 1. The van der Waals surface area contributed by atoms with Crippen molar-refractivity contribution in [2.45, 2.75) is 43.9 Å². The number of nitrogens with zero attached hydrogens (tertiary/aromatic N) is 1. The van der Waals surface area contributed by atoms with Gasteiger partial charge in [0.15, 0.2) is 11.4 Å². The molecule has 2 aromatic rings. The summed E-state index contributed by atoms with van der Waals surface area (Å²) in [6, 6.07) is 10.7. The Balaban J connectivity index is 1.81. The molecule has 5 atom stereocenters. The van der Waals surface area contributed by atoms with E-state index in [1.807, 2.05) is 24.3 Å². The van der Waals surface area contributed by atoms with Crippen LogP contribution in [0, 0.1) is 11.8 Å². The second-order valence-corrected chi connectivity index (χ2v) is 12.4. The normalized spacial score (nSPS) is 28.6. The number of aliphatic hydroxyl groups is 4. The van der Waals surface area contributed by atoms with Crippen LogP contribution in [0.1, 0.15) is 43.0 Å².